The molecule has 0 unspecified atom stereocenters. The van der Waals surface area contributed by atoms with Crippen molar-refractivity contribution in [2.75, 3.05) is 45.1 Å². The number of ether oxygens (including phenoxy) is 3. The van der Waals surface area contributed by atoms with Gasteiger partial charge in [-0.25, -0.2) is 8.42 Å². The monoisotopic (exact) mass is 1020 g/mol. The van der Waals surface area contributed by atoms with Crippen LogP contribution in [-0.2, 0) is 24.3 Å². The maximum absolute atomic E-state index is 13.9. The van der Waals surface area contributed by atoms with Crippen LogP contribution in [0.4, 0.5) is 5.69 Å². The van der Waals surface area contributed by atoms with E-state index in [1.165, 1.54) is 19.1 Å². The van der Waals surface area contributed by atoms with Gasteiger partial charge < -0.3 is 29.3 Å². The molecule has 40 heavy (non-hydrogen) atoms. The van der Waals surface area contributed by atoms with Gasteiger partial charge in [-0.1, -0.05) is 30.7 Å². The number of nitrogens with one attached hydrogen (secondary N) is 1. The van der Waals surface area contributed by atoms with Crippen LogP contribution in [0.15, 0.2) is 36.4 Å². The van der Waals surface area contributed by atoms with E-state index in [1.807, 2.05) is 4.72 Å². The summed E-state index contributed by atoms with van der Waals surface area (Å²) in [6.07, 6.45) is -2.26. The number of amides is 2. The van der Waals surface area contributed by atoms with E-state index in [4.69, 9.17) is 25.8 Å². The van der Waals surface area contributed by atoms with Gasteiger partial charge in [0.15, 0.2) is 11.5 Å². The first-order valence-electron chi connectivity index (χ1n) is 11.6. The zero-order valence-electron chi connectivity index (χ0n) is 22.6. The number of halogens is 1. The van der Waals surface area contributed by atoms with Gasteiger partial charge in [-0.3, -0.25) is 14.3 Å². The van der Waals surface area contributed by atoms with E-state index in [2.05, 4.69) is 0 Å². The number of carbonyl (C=O) groups excluding carboxylic acids is 2. The van der Waals surface area contributed by atoms with Crippen LogP contribution in [0.3, 0.4) is 0 Å². The Morgan fingerprint density at radius 3 is 2.33 bits per heavy atom. The number of hydrogen-bond acceptors (Lipinski definition) is 9. The summed E-state index contributed by atoms with van der Waals surface area (Å²) in [5.41, 5.74) is 0.167. The zero-order valence-corrected chi connectivity index (χ0v) is 33.7. The fourth-order valence-corrected chi connectivity index (χ4v) is 4.85. The largest absolute Gasteiger partial charge is 0.493 e. The van der Waals surface area contributed by atoms with E-state index in [0.717, 1.165) is 6.26 Å². The number of anilines is 1. The second kappa shape index (κ2) is 16.2. The van der Waals surface area contributed by atoms with E-state index in [0.29, 0.717) is 33.3 Å². The van der Waals surface area contributed by atoms with Crippen LogP contribution in [0.25, 0.3) is 0 Å². The number of para-hydroxylation sites is 1. The van der Waals surface area contributed by atoms with Crippen molar-refractivity contribution in [2.24, 2.45) is 5.41 Å². The van der Waals surface area contributed by atoms with Crippen molar-refractivity contribution < 1.29 is 131 Å². The van der Waals surface area contributed by atoms with Crippen molar-refractivity contribution in [1.29, 1.82) is 0 Å². The molecule has 2 radical (unpaired) electrons. The number of carbonyl (C=O) groups is 2. The van der Waals surface area contributed by atoms with Gasteiger partial charge in [0, 0.05) is 122 Å². The van der Waals surface area contributed by atoms with Crippen molar-refractivity contribution in [3.63, 3.8) is 0 Å². The molecule has 3 rings (SSSR count). The fraction of sp³-hybridized carbons (Fsp3) is 0.440. The number of rotatable bonds is 10. The summed E-state index contributed by atoms with van der Waals surface area (Å²) >= 11 is 6.35. The van der Waals surface area contributed by atoms with Crippen LogP contribution in [-0.4, -0.2) is 76.8 Å². The smallest absolute Gasteiger partial charge is 0.256 e. The molecule has 11 nitrogen and oxygen atoms in total. The Labute approximate surface area is 310 Å². The Bertz CT molecular complexity index is 1310. The summed E-state index contributed by atoms with van der Waals surface area (Å²) in [6, 6.07) is 9.87. The molecular formula is C25H31Ac2ClN2O9S. The molecule has 0 aliphatic carbocycles. The molecule has 0 spiro atoms. The average Bonchev–Trinajstić information content (AvgIpc) is 2.97. The van der Waals surface area contributed by atoms with E-state index in [1.54, 1.807) is 43.3 Å². The zero-order chi connectivity index (χ0) is 28.3. The van der Waals surface area contributed by atoms with Crippen LogP contribution in [0.2, 0.25) is 5.02 Å². The number of fused-ring (bicyclic) bond motifs is 1. The van der Waals surface area contributed by atoms with Crippen LogP contribution in [0, 0.1) is 93.5 Å². The quantitative estimate of drug-likeness (QED) is 0.323. The Kier molecular flexibility index (Phi) is 15.4. The van der Waals surface area contributed by atoms with Gasteiger partial charge in [-0.2, -0.15) is 0 Å². The van der Waals surface area contributed by atoms with Crippen molar-refractivity contribution >= 4 is 39.1 Å². The summed E-state index contributed by atoms with van der Waals surface area (Å²) < 4.78 is 42.4. The third kappa shape index (κ3) is 9.24. The second-order valence-corrected chi connectivity index (χ2v) is 11.5. The SMILES string of the molecule is COc1cccc([C@H]2O[C@H](CC(=O)NS(C)(=O)=O)C(=O)N(CC(C)(CO)CO)c3ccc(Cl)cc32)c1OC.[Ac].[Ac]. The number of methoxy groups -OCH3 is 2. The molecule has 0 fully saturated rings. The average molecular weight is 1030 g/mol. The molecule has 3 N–H and O–H groups in total. The molecule has 214 valence electrons. The third-order valence-corrected chi connectivity index (χ3v) is 6.93. The Morgan fingerprint density at radius 1 is 1.12 bits per heavy atom. The van der Waals surface area contributed by atoms with Gasteiger partial charge >= 0.3 is 0 Å². The Hall–Kier alpha value is -0.0169. The molecule has 2 aromatic rings. The minimum Gasteiger partial charge on any atom is -0.493 e. The fourth-order valence-electron chi connectivity index (χ4n) is 4.18. The first kappa shape index (κ1) is 38.0. The summed E-state index contributed by atoms with van der Waals surface area (Å²) in [5.74, 6) is -0.904. The summed E-state index contributed by atoms with van der Waals surface area (Å²) in [6.45, 7) is 0.575. The molecule has 2 atom stereocenters. The number of benzene rings is 2. The molecule has 2 aromatic carbocycles. The number of sulfonamides is 1. The van der Waals surface area contributed by atoms with E-state index in [9.17, 15) is 28.2 Å². The topological polar surface area (TPSA) is 152 Å². The first-order chi connectivity index (χ1) is 17.9. The number of aliphatic hydroxyl groups is 2. The van der Waals surface area contributed by atoms with Crippen molar-refractivity contribution in [3.8, 4) is 11.5 Å². The van der Waals surface area contributed by atoms with Crippen molar-refractivity contribution in [1.82, 2.24) is 4.72 Å². The molecule has 0 aromatic heterocycles. The summed E-state index contributed by atoms with van der Waals surface area (Å²) in [7, 11) is -0.985. The minimum absolute atomic E-state index is 0. The molecule has 0 saturated heterocycles. The standard InChI is InChI=1S/C25H31ClN2O9S.2Ac/c1-25(13-29,14-30)12-28-18-9-8-15(26)10-17(18)22(16-6-5-7-19(35-2)23(16)36-3)37-20(24(28)32)11-21(31)27-38(4,33)34;;/h5-10,20,22,29-30H,11-14H2,1-4H3,(H,27,31);;/t20-,22-;;/m1../s1. The Balaban J connectivity index is 0.00000400. The molecular weight excluding hydrogens is 994 g/mol. The normalized spacial score (nSPS) is 17.1. The number of aliphatic hydroxyl groups excluding tert-OH is 2. The van der Waals surface area contributed by atoms with E-state index >= 15 is 0 Å². The molecule has 2 amide bonds. The van der Waals surface area contributed by atoms with Crippen LogP contribution >= 0.6 is 11.6 Å². The molecule has 0 bridgehead atoms. The van der Waals surface area contributed by atoms with Gasteiger partial charge in [0.2, 0.25) is 15.9 Å². The molecule has 15 heteroatoms. The first-order valence-corrected chi connectivity index (χ1v) is 13.8. The van der Waals surface area contributed by atoms with Crippen LogP contribution in [0.1, 0.15) is 30.6 Å². The molecule has 1 aliphatic heterocycles. The van der Waals surface area contributed by atoms with Crippen LogP contribution < -0.4 is 19.1 Å². The van der Waals surface area contributed by atoms with Crippen molar-refractivity contribution in [2.45, 2.75) is 25.6 Å². The maximum atomic E-state index is 13.9. The summed E-state index contributed by atoms with van der Waals surface area (Å²) in [4.78, 5) is 27.8. The predicted octanol–water partition coefficient (Wildman–Crippen LogP) is 1.64. The number of hydrogen-bond donors (Lipinski definition) is 3. The molecule has 1 aliphatic rings. The minimum atomic E-state index is -3.90. The predicted molar refractivity (Wildman–Crippen MR) is 140 cm³/mol. The maximum Gasteiger partial charge on any atom is 0.256 e. The Morgan fingerprint density at radius 2 is 1.77 bits per heavy atom. The van der Waals surface area contributed by atoms with Gasteiger partial charge in [-0.15, -0.1) is 0 Å². The van der Waals surface area contributed by atoms with E-state index in [-0.39, 0.29) is 94.7 Å². The third-order valence-electron chi connectivity index (χ3n) is 6.09. The van der Waals surface area contributed by atoms with Gasteiger partial charge in [0.05, 0.1) is 40.1 Å². The van der Waals surface area contributed by atoms with Crippen LogP contribution in [0.5, 0.6) is 11.5 Å². The van der Waals surface area contributed by atoms with E-state index < -0.39 is 59.1 Å². The van der Waals surface area contributed by atoms with Gasteiger partial charge in [-0.05, 0) is 24.3 Å². The van der Waals surface area contributed by atoms with Crippen molar-refractivity contribution in [3.05, 3.63) is 52.5 Å². The number of nitrogens with zero attached hydrogens (tertiary/aromatic N) is 1. The summed E-state index contributed by atoms with van der Waals surface area (Å²) in [5, 5.41) is 20.2. The van der Waals surface area contributed by atoms with Gasteiger partial charge in [0.1, 0.15) is 12.2 Å². The molecule has 0 saturated carbocycles. The molecule has 1 heterocycles. The second-order valence-electron chi connectivity index (χ2n) is 9.34. The van der Waals surface area contributed by atoms with Gasteiger partial charge in [0.25, 0.3) is 5.91 Å².